The Hall–Kier alpha value is -1.17. The van der Waals surface area contributed by atoms with E-state index in [2.05, 4.69) is 25.9 Å². The number of anilines is 1. The summed E-state index contributed by atoms with van der Waals surface area (Å²) in [6.07, 6.45) is 5.28. The van der Waals surface area contributed by atoms with Gasteiger partial charge in [-0.05, 0) is 35.7 Å². The molecule has 0 bridgehead atoms. The molecule has 0 amide bonds. The van der Waals surface area contributed by atoms with Crippen molar-refractivity contribution in [3.63, 3.8) is 0 Å². The third-order valence-electron chi connectivity index (χ3n) is 2.93. The van der Waals surface area contributed by atoms with Crippen molar-refractivity contribution in [3.05, 3.63) is 16.9 Å². The smallest absolute Gasteiger partial charge is 0.310 e. The Bertz CT molecular complexity index is 410. The third-order valence-corrected chi connectivity index (χ3v) is 3.34. The number of carbonyl (C=O) groups excluding carboxylic acids is 1. The van der Waals surface area contributed by atoms with Crippen molar-refractivity contribution in [2.45, 2.75) is 19.8 Å². The molecule has 1 fully saturated rings. The molecule has 2 heterocycles. The van der Waals surface area contributed by atoms with Crippen LogP contribution in [0.5, 0.6) is 0 Å². The summed E-state index contributed by atoms with van der Waals surface area (Å²) in [4.78, 5) is 22.3. The molecular formula is C12H16BrN3O2. The van der Waals surface area contributed by atoms with Gasteiger partial charge in [-0.3, -0.25) is 4.79 Å². The molecule has 1 saturated heterocycles. The average molecular weight is 314 g/mol. The van der Waals surface area contributed by atoms with Gasteiger partial charge in [0.25, 0.3) is 0 Å². The van der Waals surface area contributed by atoms with E-state index in [1.807, 2.05) is 11.8 Å². The number of hydrogen-bond donors (Lipinski definition) is 0. The second-order valence-electron chi connectivity index (χ2n) is 4.24. The molecular weight excluding hydrogens is 298 g/mol. The Labute approximate surface area is 115 Å². The maximum absolute atomic E-state index is 11.7. The summed E-state index contributed by atoms with van der Waals surface area (Å²) in [5, 5.41) is 0. The first-order chi connectivity index (χ1) is 8.70. The van der Waals surface area contributed by atoms with Gasteiger partial charge >= 0.3 is 5.97 Å². The van der Waals surface area contributed by atoms with E-state index in [4.69, 9.17) is 4.74 Å². The number of hydrogen-bond acceptors (Lipinski definition) is 5. The third kappa shape index (κ3) is 3.19. The Morgan fingerprint density at radius 1 is 1.56 bits per heavy atom. The highest BCUT2D eigenvalue weighted by atomic mass is 79.9. The summed E-state index contributed by atoms with van der Waals surface area (Å²) >= 11 is 3.31. The number of rotatable bonds is 3. The second-order valence-corrected chi connectivity index (χ2v) is 5.15. The van der Waals surface area contributed by atoms with Crippen LogP contribution in [-0.4, -0.2) is 35.6 Å². The van der Waals surface area contributed by atoms with Crippen molar-refractivity contribution < 1.29 is 9.53 Å². The first-order valence-electron chi connectivity index (χ1n) is 6.10. The molecule has 2 rings (SSSR count). The van der Waals surface area contributed by atoms with Crippen LogP contribution in [0.15, 0.2) is 16.9 Å². The van der Waals surface area contributed by atoms with E-state index in [0.29, 0.717) is 19.1 Å². The maximum Gasteiger partial charge on any atom is 0.310 e. The lowest BCUT2D eigenvalue weighted by Crippen LogP contribution is -2.40. The molecule has 1 aromatic heterocycles. The van der Waals surface area contributed by atoms with E-state index in [9.17, 15) is 4.79 Å². The van der Waals surface area contributed by atoms with Crippen molar-refractivity contribution in [1.29, 1.82) is 0 Å². The minimum atomic E-state index is -0.112. The van der Waals surface area contributed by atoms with Crippen LogP contribution in [0.1, 0.15) is 19.8 Å². The fourth-order valence-corrected chi connectivity index (χ4v) is 2.28. The molecule has 6 heteroatoms. The highest BCUT2D eigenvalue weighted by molar-refractivity contribution is 9.10. The molecule has 0 spiro atoms. The Balaban J connectivity index is 2.02. The van der Waals surface area contributed by atoms with Gasteiger partial charge in [0.2, 0.25) is 5.95 Å². The quantitative estimate of drug-likeness (QED) is 0.799. The monoisotopic (exact) mass is 313 g/mol. The average Bonchev–Trinajstić information content (AvgIpc) is 2.40. The fourth-order valence-electron chi connectivity index (χ4n) is 2.08. The van der Waals surface area contributed by atoms with E-state index in [1.165, 1.54) is 0 Å². The van der Waals surface area contributed by atoms with E-state index in [1.54, 1.807) is 12.4 Å². The first-order valence-corrected chi connectivity index (χ1v) is 6.89. The number of ether oxygens (including phenoxy) is 1. The molecule has 1 aliphatic heterocycles. The van der Waals surface area contributed by atoms with Crippen LogP contribution in [0.2, 0.25) is 0 Å². The van der Waals surface area contributed by atoms with Gasteiger partial charge in [-0.2, -0.15) is 0 Å². The van der Waals surface area contributed by atoms with Crippen molar-refractivity contribution in [2.75, 3.05) is 24.6 Å². The molecule has 0 saturated carbocycles. The van der Waals surface area contributed by atoms with Crippen LogP contribution in [0.4, 0.5) is 5.95 Å². The predicted octanol–water partition coefficient (Wildman–Crippen LogP) is 2.02. The Morgan fingerprint density at radius 3 is 2.94 bits per heavy atom. The van der Waals surface area contributed by atoms with Crippen LogP contribution in [0.25, 0.3) is 0 Å². The summed E-state index contributed by atoms with van der Waals surface area (Å²) in [7, 11) is 0. The first kappa shape index (κ1) is 13.3. The Morgan fingerprint density at radius 2 is 2.28 bits per heavy atom. The van der Waals surface area contributed by atoms with Crippen LogP contribution in [0, 0.1) is 5.92 Å². The Kier molecular flexibility index (Phi) is 4.52. The van der Waals surface area contributed by atoms with Crippen LogP contribution in [0.3, 0.4) is 0 Å². The fraction of sp³-hybridized carbons (Fsp3) is 0.583. The second kappa shape index (κ2) is 6.13. The largest absolute Gasteiger partial charge is 0.466 e. The molecule has 98 valence electrons. The highest BCUT2D eigenvalue weighted by Crippen LogP contribution is 2.21. The zero-order chi connectivity index (χ0) is 13.0. The predicted molar refractivity (Wildman–Crippen MR) is 71.3 cm³/mol. The lowest BCUT2D eigenvalue weighted by Gasteiger charge is -2.31. The molecule has 5 nitrogen and oxygen atoms in total. The molecule has 1 unspecified atom stereocenters. The lowest BCUT2D eigenvalue weighted by atomic mass is 9.98. The van der Waals surface area contributed by atoms with E-state index in [-0.39, 0.29) is 11.9 Å². The number of nitrogens with zero attached hydrogens (tertiary/aromatic N) is 3. The molecule has 18 heavy (non-hydrogen) atoms. The highest BCUT2D eigenvalue weighted by Gasteiger charge is 2.27. The van der Waals surface area contributed by atoms with Crippen LogP contribution in [-0.2, 0) is 9.53 Å². The lowest BCUT2D eigenvalue weighted by molar-refractivity contribution is -0.148. The summed E-state index contributed by atoms with van der Waals surface area (Å²) < 4.78 is 5.92. The number of aromatic nitrogens is 2. The summed E-state index contributed by atoms with van der Waals surface area (Å²) in [6, 6.07) is 0. The van der Waals surface area contributed by atoms with Gasteiger partial charge in [-0.25, -0.2) is 9.97 Å². The zero-order valence-corrected chi connectivity index (χ0v) is 11.9. The number of halogens is 1. The van der Waals surface area contributed by atoms with E-state index < -0.39 is 0 Å². The van der Waals surface area contributed by atoms with Crippen LogP contribution >= 0.6 is 15.9 Å². The molecule has 1 aliphatic rings. The minimum absolute atomic E-state index is 0.0639. The van der Waals surface area contributed by atoms with Gasteiger partial charge in [-0.15, -0.1) is 0 Å². The van der Waals surface area contributed by atoms with Gasteiger partial charge in [0.15, 0.2) is 0 Å². The summed E-state index contributed by atoms with van der Waals surface area (Å²) in [6.45, 7) is 3.79. The van der Waals surface area contributed by atoms with Gasteiger partial charge in [0.1, 0.15) is 0 Å². The maximum atomic E-state index is 11.7. The number of piperidine rings is 1. The minimum Gasteiger partial charge on any atom is -0.466 e. The summed E-state index contributed by atoms with van der Waals surface area (Å²) in [5.41, 5.74) is 0. The number of carbonyl (C=O) groups is 1. The molecule has 0 radical (unpaired) electrons. The van der Waals surface area contributed by atoms with Crippen LogP contribution < -0.4 is 4.90 Å². The standard InChI is InChI=1S/C12H16BrN3O2/c1-2-18-11(17)9-4-3-5-16(8-9)12-14-6-10(13)7-15-12/h6-7,9H,2-5,8H2,1H3. The SMILES string of the molecule is CCOC(=O)C1CCCN(c2ncc(Br)cn2)C1. The van der Waals surface area contributed by atoms with Gasteiger partial charge in [0, 0.05) is 25.5 Å². The molecule has 1 atom stereocenters. The van der Waals surface area contributed by atoms with E-state index >= 15 is 0 Å². The van der Waals surface area contributed by atoms with Gasteiger partial charge in [-0.1, -0.05) is 0 Å². The van der Waals surface area contributed by atoms with Crippen molar-refractivity contribution >= 4 is 27.8 Å². The molecule has 0 aromatic carbocycles. The molecule has 1 aromatic rings. The molecule has 0 aliphatic carbocycles. The van der Waals surface area contributed by atoms with Crippen molar-refractivity contribution in [1.82, 2.24) is 9.97 Å². The zero-order valence-electron chi connectivity index (χ0n) is 10.3. The summed E-state index contributed by atoms with van der Waals surface area (Å²) in [5.74, 6) is 0.498. The van der Waals surface area contributed by atoms with Gasteiger partial charge in [0.05, 0.1) is 17.0 Å². The molecule has 0 N–H and O–H groups in total. The van der Waals surface area contributed by atoms with Crippen molar-refractivity contribution in [2.24, 2.45) is 5.92 Å². The number of esters is 1. The van der Waals surface area contributed by atoms with E-state index in [0.717, 1.165) is 23.9 Å². The van der Waals surface area contributed by atoms with Crippen molar-refractivity contribution in [3.8, 4) is 0 Å². The normalized spacial score (nSPS) is 19.7. The topological polar surface area (TPSA) is 55.3 Å². The van der Waals surface area contributed by atoms with Gasteiger partial charge < -0.3 is 9.64 Å².